The molecule has 0 aliphatic carbocycles. The molecule has 1 saturated heterocycles. The topological polar surface area (TPSA) is 66.5 Å². The van der Waals surface area contributed by atoms with Crippen molar-refractivity contribution in [2.75, 3.05) is 18.8 Å². The van der Waals surface area contributed by atoms with E-state index in [9.17, 15) is 17.6 Å². The molecule has 1 fully saturated rings. The van der Waals surface area contributed by atoms with Crippen molar-refractivity contribution in [3.05, 3.63) is 34.1 Å². The molecule has 1 unspecified atom stereocenters. The Hall–Kier alpha value is -0.990. The fourth-order valence-corrected chi connectivity index (χ4v) is 5.19. The summed E-state index contributed by atoms with van der Waals surface area (Å²) in [5, 5.41) is 2.83. The maximum atomic E-state index is 13.2. The van der Waals surface area contributed by atoms with E-state index in [-0.39, 0.29) is 17.5 Å². The number of halogens is 2. The van der Waals surface area contributed by atoms with E-state index in [1.165, 1.54) is 10.4 Å². The minimum atomic E-state index is -3.39. The van der Waals surface area contributed by atoms with E-state index in [0.717, 1.165) is 18.4 Å². The molecule has 1 heterocycles. The first-order chi connectivity index (χ1) is 11.8. The molecule has 0 saturated carbocycles. The lowest BCUT2D eigenvalue weighted by Crippen LogP contribution is -2.52. The highest BCUT2D eigenvalue weighted by Gasteiger charge is 2.35. The summed E-state index contributed by atoms with van der Waals surface area (Å²) in [5.74, 6) is -0.507. The second-order valence-corrected chi connectivity index (χ2v) is 9.12. The quantitative estimate of drug-likeness (QED) is 0.717. The van der Waals surface area contributed by atoms with Crippen molar-refractivity contribution < 1.29 is 17.6 Å². The van der Waals surface area contributed by atoms with Crippen LogP contribution in [0.2, 0.25) is 0 Å². The van der Waals surface area contributed by atoms with Crippen LogP contribution in [0.5, 0.6) is 0 Å². The number of nitrogens with one attached hydrogen (secondary N) is 1. The molecule has 1 aromatic carbocycles. The predicted octanol–water partition coefficient (Wildman–Crippen LogP) is 2.84. The van der Waals surface area contributed by atoms with Crippen LogP contribution in [0.3, 0.4) is 0 Å². The van der Waals surface area contributed by atoms with Crippen LogP contribution in [-0.4, -0.2) is 43.5 Å². The monoisotopic (exact) mass is 434 g/mol. The summed E-state index contributed by atoms with van der Waals surface area (Å²) in [6.07, 6.45) is 3.28. The molecule has 8 heteroatoms. The van der Waals surface area contributed by atoms with E-state index in [0.29, 0.717) is 36.8 Å². The van der Waals surface area contributed by atoms with Crippen LogP contribution in [0, 0.1) is 5.82 Å². The lowest BCUT2D eigenvalue weighted by molar-refractivity contribution is -0.125. The van der Waals surface area contributed by atoms with Gasteiger partial charge in [0.25, 0.3) is 0 Å². The maximum absolute atomic E-state index is 13.2. The first-order valence-corrected chi connectivity index (χ1v) is 11.0. The Balaban J connectivity index is 1.94. The van der Waals surface area contributed by atoms with Crippen molar-refractivity contribution in [3.8, 4) is 0 Å². The zero-order valence-corrected chi connectivity index (χ0v) is 16.7. The summed E-state index contributed by atoms with van der Waals surface area (Å²) in [6, 6.07) is 4.11. The summed E-state index contributed by atoms with van der Waals surface area (Å²) >= 11 is 3.14. The molecular weight excluding hydrogens is 411 g/mol. The molecule has 5 nitrogen and oxygen atoms in total. The highest BCUT2D eigenvalue weighted by atomic mass is 79.9. The number of hydrogen-bond acceptors (Lipinski definition) is 3. The lowest BCUT2D eigenvalue weighted by Gasteiger charge is -2.33. The first-order valence-electron chi connectivity index (χ1n) is 8.56. The standard InChI is InChI=1S/C17H24BrFN2O3S/c1-2-11-25(23,24)21-10-4-3-5-16(21)17(22)20-9-8-13-6-7-15(19)14(18)12-13/h6-7,12,16H,2-5,8-11H2,1H3,(H,20,22). The van der Waals surface area contributed by atoms with Gasteiger partial charge in [-0.05, 0) is 59.3 Å². The Bertz CT molecular complexity index is 712. The smallest absolute Gasteiger partial charge is 0.238 e. The van der Waals surface area contributed by atoms with Gasteiger partial charge in [-0.3, -0.25) is 4.79 Å². The number of nitrogens with zero attached hydrogens (tertiary/aromatic N) is 1. The molecule has 25 heavy (non-hydrogen) atoms. The minimum Gasteiger partial charge on any atom is -0.354 e. The van der Waals surface area contributed by atoms with Gasteiger partial charge in [0.1, 0.15) is 11.9 Å². The van der Waals surface area contributed by atoms with Crippen LogP contribution in [0.15, 0.2) is 22.7 Å². The van der Waals surface area contributed by atoms with Crippen LogP contribution in [0.1, 0.15) is 38.2 Å². The highest BCUT2D eigenvalue weighted by Crippen LogP contribution is 2.21. The number of hydrogen-bond donors (Lipinski definition) is 1. The Kier molecular flexibility index (Phi) is 7.39. The van der Waals surface area contributed by atoms with Crippen molar-refractivity contribution in [1.29, 1.82) is 0 Å². The van der Waals surface area contributed by atoms with Gasteiger partial charge in [-0.2, -0.15) is 4.31 Å². The summed E-state index contributed by atoms with van der Waals surface area (Å²) < 4.78 is 39.7. The molecule has 0 spiro atoms. The number of rotatable bonds is 7. The van der Waals surface area contributed by atoms with Gasteiger partial charge in [0.2, 0.25) is 15.9 Å². The molecule has 1 N–H and O–H groups in total. The van der Waals surface area contributed by atoms with E-state index in [1.54, 1.807) is 12.1 Å². The van der Waals surface area contributed by atoms with Gasteiger partial charge in [0.05, 0.1) is 10.2 Å². The molecule has 1 aliphatic heterocycles. The van der Waals surface area contributed by atoms with Gasteiger partial charge >= 0.3 is 0 Å². The average Bonchev–Trinajstić information content (AvgIpc) is 2.58. The van der Waals surface area contributed by atoms with E-state index < -0.39 is 16.1 Å². The minimum absolute atomic E-state index is 0.0698. The number of sulfonamides is 1. The van der Waals surface area contributed by atoms with E-state index >= 15 is 0 Å². The largest absolute Gasteiger partial charge is 0.354 e. The van der Waals surface area contributed by atoms with Crippen LogP contribution in [-0.2, 0) is 21.2 Å². The van der Waals surface area contributed by atoms with Gasteiger partial charge in [0.15, 0.2) is 0 Å². The van der Waals surface area contributed by atoms with Gasteiger partial charge in [-0.1, -0.05) is 19.4 Å². The number of carbonyl (C=O) groups is 1. The van der Waals surface area contributed by atoms with Crippen molar-refractivity contribution in [2.45, 2.75) is 45.1 Å². The molecule has 1 aliphatic rings. The normalized spacial score (nSPS) is 18.9. The van der Waals surface area contributed by atoms with E-state index in [4.69, 9.17) is 0 Å². The molecule has 2 rings (SSSR count). The molecule has 1 atom stereocenters. The predicted molar refractivity (Wildman–Crippen MR) is 99.2 cm³/mol. The van der Waals surface area contributed by atoms with Crippen molar-refractivity contribution >= 4 is 31.9 Å². The van der Waals surface area contributed by atoms with E-state index in [1.807, 2.05) is 6.92 Å². The van der Waals surface area contributed by atoms with Crippen LogP contribution in [0.4, 0.5) is 4.39 Å². The average molecular weight is 435 g/mol. The third-order valence-corrected chi connectivity index (χ3v) is 6.96. The van der Waals surface area contributed by atoms with Gasteiger partial charge in [0, 0.05) is 13.1 Å². The SMILES string of the molecule is CCCS(=O)(=O)N1CCCCC1C(=O)NCCc1ccc(F)c(Br)c1. The molecule has 140 valence electrons. The Morgan fingerprint density at radius 2 is 2.16 bits per heavy atom. The Morgan fingerprint density at radius 3 is 2.84 bits per heavy atom. The van der Waals surface area contributed by atoms with Gasteiger partial charge < -0.3 is 5.32 Å². The second kappa shape index (κ2) is 9.09. The number of piperidine rings is 1. The second-order valence-electron chi connectivity index (χ2n) is 6.23. The zero-order chi connectivity index (χ0) is 18.4. The highest BCUT2D eigenvalue weighted by molar-refractivity contribution is 9.10. The third-order valence-electron chi connectivity index (χ3n) is 4.27. The number of benzene rings is 1. The molecule has 0 aromatic heterocycles. The maximum Gasteiger partial charge on any atom is 0.238 e. The number of amides is 1. The fourth-order valence-electron chi connectivity index (χ4n) is 3.02. The Morgan fingerprint density at radius 1 is 1.40 bits per heavy atom. The molecule has 0 radical (unpaired) electrons. The van der Waals surface area contributed by atoms with Crippen molar-refractivity contribution in [1.82, 2.24) is 9.62 Å². The van der Waals surface area contributed by atoms with Crippen LogP contribution >= 0.6 is 15.9 Å². The summed E-state index contributed by atoms with van der Waals surface area (Å²) in [7, 11) is -3.39. The molecule has 1 amide bonds. The third kappa shape index (κ3) is 5.49. The zero-order valence-electron chi connectivity index (χ0n) is 14.3. The summed E-state index contributed by atoms with van der Waals surface area (Å²) in [6.45, 7) is 2.61. The summed E-state index contributed by atoms with van der Waals surface area (Å²) in [4.78, 5) is 12.5. The van der Waals surface area contributed by atoms with Crippen molar-refractivity contribution in [3.63, 3.8) is 0 Å². The van der Waals surface area contributed by atoms with E-state index in [2.05, 4.69) is 21.2 Å². The lowest BCUT2D eigenvalue weighted by atomic mass is 10.0. The van der Waals surface area contributed by atoms with Gasteiger partial charge in [-0.15, -0.1) is 0 Å². The fraction of sp³-hybridized carbons (Fsp3) is 0.588. The summed E-state index contributed by atoms with van der Waals surface area (Å²) in [5.41, 5.74) is 0.896. The molecule has 1 aromatic rings. The molecule has 0 bridgehead atoms. The van der Waals surface area contributed by atoms with Crippen LogP contribution in [0.25, 0.3) is 0 Å². The number of carbonyl (C=O) groups excluding carboxylic acids is 1. The molecular formula is C17H24BrFN2O3S. The van der Waals surface area contributed by atoms with Gasteiger partial charge in [-0.25, -0.2) is 12.8 Å². The Labute approximate surface area is 157 Å². The van der Waals surface area contributed by atoms with Crippen molar-refractivity contribution in [2.24, 2.45) is 0 Å². The first kappa shape index (κ1) is 20.3. The van der Waals surface area contributed by atoms with Crippen LogP contribution < -0.4 is 5.32 Å².